The number of benzene rings is 1. The lowest BCUT2D eigenvalue weighted by Gasteiger charge is -2.37. The van der Waals surface area contributed by atoms with Gasteiger partial charge in [-0.2, -0.15) is 0 Å². The summed E-state index contributed by atoms with van der Waals surface area (Å²) < 4.78 is 6.07. The Bertz CT molecular complexity index is 731. The summed E-state index contributed by atoms with van der Waals surface area (Å²) >= 11 is 0. The number of phenolic OH excluding ortho intramolecular Hbond substituents is 1. The van der Waals surface area contributed by atoms with Crippen LogP contribution in [0.1, 0.15) is 48.4 Å². The summed E-state index contributed by atoms with van der Waals surface area (Å²) in [5, 5.41) is 22.1. The van der Waals surface area contributed by atoms with Crippen LogP contribution in [0, 0.1) is 20.8 Å². The largest absolute Gasteiger partial charge is 0.507 e. The maximum atomic E-state index is 12.8. The van der Waals surface area contributed by atoms with Crippen LogP contribution < -0.4 is 15.8 Å². The van der Waals surface area contributed by atoms with Crippen LogP contribution >= 0.6 is 0 Å². The predicted molar refractivity (Wildman–Crippen MR) is 97.5 cm³/mol. The summed E-state index contributed by atoms with van der Waals surface area (Å²) in [6.07, 6.45) is 1.75. The molecule has 0 fully saturated rings. The molecule has 1 heterocycles. The third kappa shape index (κ3) is 3.62. The normalized spacial score (nSPS) is 20.0. The first-order chi connectivity index (χ1) is 12.1. The van der Waals surface area contributed by atoms with Crippen molar-refractivity contribution in [3.05, 3.63) is 22.3 Å². The van der Waals surface area contributed by atoms with Crippen molar-refractivity contribution in [1.29, 1.82) is 0 Å². The summed E-state index contributed by atoms with van der Waals surface area (Å²) in [5.74, 6) is -0.670. The first kappa shape index (κ1) is 20.0. The quantitative estimate of drug-likeness (QED) is 0.610. The monoisotopic (exact) mass is 364 g/mol. The van der Waals surface area contributed by atoms with Crippen molar-refractivity contribution in [2.75, 3.05) is 6.54 Å². The summed E-state index contributed by atoms with van der Waals surface area (Å²) in [5.41, 5.74) is 7.44. The van der Waals surface area contributed by atoms with Gasteiger partial charge in [-0.05, 0) is 70.2 Å². The molecule has 0 saturated carbocycles. The van der Waals surface area contributed by atoms with Gasteiger partial charge in [0.25, 0.3) is 5.91 Å². The van der Waals surface area contributed by atoms with Crippen LogP contribution in [0.5, 0.6) is 11.5 Å². The molecule has 1 aliphatic rings. The highest BCUT2D eigenvalue weighted by molar-refractivity contribution is 5.89. The molecule has 0 aliphatic carbocycles. The number of carbonyl (C=O) groups is 2. The van der Waals surface area contributed by atoms with Crippen molar-refractivity contribution in [2.24, 2.45) is 5.73 Å². The van der Waals surface area contributed by atoms with Crippen LogP contribution in [-0.4, -0.2) is 40.3 Å². The number of amides is 1. The molecule has 1 amide bonds. The lowest BCUT2D eigenvalue weighted by molar-refractivity contribution is -0.146. The number of aliphatic carboxylic acids is 1. The number of carboxylic acids is 1. The molecule has 7 heteroatoms. The molecule has 7 nitrogen and oxygen atoms in total. The number of hydrogen-bond acceptors (Lipinski definition) is 5. The van der Waals surface area contributed by atoms with Gasteiger partial charge in [-0.3, -0.25) is 4.79 Å². The Morgan fingerprint density at radius 1 is 1.27 bits per heavy atom. The van der Waals surface area contributed by atoms with Gasteiger partial charge in [-0.1, -0.05) is 0 Å². The van der Waals surface area contributed by atoms with Gasteiger partial charge in [0.05, 0.1) is 0 Å². The Balaban J connectivity index is 2.27. The highest BCUT2D eigenvalue weighted by Crippen LogP contribution is 2.43. The van der Waals surface area contributed by atoms with Gasteiger partial charge in [-0.15, -0.1) is 0 Å². The average Bonchev–Trinajstić information content (AvgIpc) is 2.61. The Labute approximate surface area is 153 Å². The topological polar surface area (TPSA) is 122 Å². The second-order valence-electron chi connectivity index (χ2n) is 7.16. The van der Waals surface area contributed by atoms with Crippen molar-refractivity contribution < 1.29 is 24.5 Å². The maximum Gasteiger partial charge on any atom is 0.326 e. The molecule has 1 aliphatic heterocycles. The van der Waals surface area contributed by atoms with Crippen LogP contribution in [-0.2, 0) is 16.0 Å². The van der Waals surface area contributed by atoms with Gasteiger partial charge in [-0.25, -0.2) is 4.79 Å². The molecule has 0 aromatic heterocycles. The van der Waals surface area contributed by atoms with Gasteiger partial charge < -0.3 is 26.0 Å². The number of phenols is 1. The minimum absolute atomic E-state index is 0.255. The summed E-state index contributed by atoms with van der Waals surface area (Å²) in [6.45, 7) is 7.52. The fraction of sp³-hybridized carbons (Fsp3) is 0.579. The molecule has 144 valence electrons. The van der Waals surface area contributed by atoms with Crippen molar-refractivity contribution >= 4 is 11.9 Å². The van der Waals surface area contributed by atoms with Crippen molar-refractivity contribution in [2.45, 2.75) is 65.0 Å². The molecule has 2 atom stereocenters. The van der Waals surface area contributed by atoms with Crippen molar-refractivity contribution in [1.82, 2.24) is 5.32 Å². The first-order valence-electron chi connectivity index (χ1n) is 8.86. The minimum Gasteiger partial charge on any atom is -0.507 e. The van der Waals surface area contributed by atoms with E-state index in [-0.39, 0.29) is 12.2 Å². The minimum atomic E-state index is -1.16. The first-order valence-corrected chi connectivity index (χ1v) is 8.86. The zero-order valence-corrected chi connectivity index (χ0v) is 15.8. The van der Waals surface area contributed by atoms with E-state index in [1.165, 1.54) is 0 Å². The number of hydrogen-bond donors (Lipinski definition) is 4. The van der Waals surface area contributed by atoms with Crippen LogP contribution in [0.15, 0.2) is 0 Å². The number of carboxylic acid groups (broad SMARTS) is 1. The number of rotatable bonds is 6. The summed E-state index contributed by atoms with van der Waals surface area (Å²) in [6, 6.07) is -0.989. The van der Waals surface area contributed by atoms with E-state index in [4.69, 9.17) is 10.5 Å². The standard InChI is InChI=1S/C19H28N2O5/c1-10-11(2)16-13(12(3)15(10)22)7-8-19(4,26-16)18(25)21-14(17(23)24)6-5-9-20/h14,22H,5-9,20H2,1-4H3,(H,21,25)(H,23,24)/t14-,19+/m1/s1. The zero-order chi connectivity index (χ0) is 19.6. The molecule has 0 saturated heterocycles. The van der Waals surface area contributed by atoms with Gasteiger partial charge in [0.15, 0.2) is 5.60 Å². The highest BCUT2D eigenvalue weighted by atomic mass is 16.5. The van der Waals surface area contributed by atoms with Gasteiger partial charge in [0, 0.05) is 12.0 Å². The Kier molecular flexibility index (Phi) is 5.81. The van der Waals surface area contributed by atoms with E-state index in [2.05, 4.69) is 5.32 Å². The second kappa shape index (κ2) is 7.53. The molecule has 0 bridgehead atoms. The Morgan fingerprint density at radius 3 is 2.50 bits per heavy atom. The van der Waals surface area contributed by atoms with Crippen molar-refractivity contribution in [3.8, 4) is 11.5 Å². The van der Waals surface area contributed by atoms with Gasteiger partial charge in [0.2, 0.25) is 0 Å². The van der Waals surface area contributed by atoms with Gasteiger partial charge in [0.1, 0.15) is 17.5 Å². The van der Waals surface area contributed by atoms with Crippen LogP contribution in [0.25, 0.3) is 0 Å². The fourth-order valence-electron chi connectivity index (χ4n) is 3.30. The number of fused-ring (bicyclic) bond motifs is 1. The summed E-state index contributed by atoms with van der Waals surface area (Å²) in [7, 11) is 0. The maximum absolute atomic E-state index is 12.8. The molecule has 26 heavy (non-hydrogen) atoms. The van der Waals surface area contributed by atoms with Gasteiger partial charge >= 0.3 is 5.97 Å². The lowest BCUT2D eigenvalue weighted by Crippen LogP contribution is -2.55. The molecule has 1 aromatic carbocycles. The van der Waals surface area contributed by atoms with Crippen LogP contribution in [0.4, 0.5) is 0 Å². The fourth-order valence-corrected chi connectivity index (χ4v) is 3.30. The molecular formula is C19H28N2O5. The van der Waals surface area contributed by atoms with E-state index in [0.29, 0.717) is 31.6 Å². The van der Waals surface area contributed by atoms with E-state index in [0.717, 1.165) is 22.3 Å². The smallest absolute Gasteiger partial charge is 0.326 e. The third-order valence-electron chi connectivity index (χ3n) is 5.30. The molecule has 1 aromatic rings. The lowest BCUT2D eigenvalue weighted by atomic mass is 9.86. The van der Waals surface area contributed by atoms with Crippen molar-refractivity contribution in [3.63, 3.8) is 0 Å². The Morgan fingerprint density at radius 2 is 1.92 bits per heavy atom. The van der Waals surface area contributed by atoms with E-state index >= 15 is 0 Å². The third-order valence-corrected chi connectivity index (χ3v) is 5.30. The molecule has 0 spiro atoms. The highest BCUT2D eigenvalue weighted by Gasteiger charge is 2.42. The predicted octanol–water partition coefficient (Wildman–Crippen LogP) is 1.71. The van der Waals surface area contributed by atoms with E-state index in [1.54, 1.807) is 13.8 Å². The number of carbonyl (C=O) groups excluding carboxylic acids is 1. The number of nitrogens with two attached hydrogens (primary N) is 1. The van der Waals surface area contributed by atoms with E-state index in [9.17, 15) is 19.8 Å². The summed E-state index contributed by atoms with van der Waals surface area (Å²) in [4.78, 5) is 24.2. The zero-order valence-electron chi connectivity index (χ0n) is 15.8. The molecule has 2 rings (SSSR count). The van der Waals surface area contributed by atoms with E-state index in [1.807, 2.05) is 13.8 Å². The second-order valence-corrected chi connectivity index (χ2v) is 7.16. The molecule has 0 unspecified atom stereocenters. The SMILES string of the molecule is Cc1c(C)c2c(c(C)c1O)CC[C@@](C)(C(=O)N[C@H](CCCN)C(=O)O)O2. The Hall–Kier alpha value is -2.28. The number of ether oxygens (including phenoxy) is 1. The molecular weight excluding hydrogens is 336 g/mol. The average molecular weight is 364 g/mol. The van der Waals surface area contributed by atoms with Crippen LogP contribution in [0.3, 0.4) is 0 Å². The molecule has 0 radical (unpaired) electrons. The molecule has 5 N–H and O–H groups in total. The number of nitrogens with one attached hydrogen (secondary N) is 1. The number of aromatic hydroxyl groups is 1. The van der Waals surface area contributed by atoms with E-state index < -0.39 is 23.5 Å². The van der Waals surface area contributed by atoms with Crippen LogP contribution in [0.2, 0.25) is 0 Å².